The highest BCUT2D eigenvalue weighted by Gasteiger charge is 2.30. The number of methoxy groups -OCH3 is 1. The highest BCUT2D eigenvalue weighted by Crippen LogP contribution is 2.18. The first kappa shape index (κ1) is 12.0. The maximum absolute atomic E-state index is 5.24. The molecule has 0 aromatic rings. The maximum atomic E-state index is 5.24. The predicted octanol–water partition coefficient (Wildman–Crippen LogP) is 1.05. The van der Waals surface area contributed by atoms with Crippen LogP contribution in [0, 0.1) is 0 Å². The van der Waals surface area contributed by atoms with Crippen molar-refractivity contribution in [2.75, 3.05) is 40.4 Å². The van der Waals surface area contributed by atoms with Crippen LogP contribution in [0.25, 0.3) is 0 Å². The van der Waals surface area contributed by atoms with Gasteiger partial charge in [0.1, 0.15) is 0 Å². The highest BCUT2D eigenvalue weighted by atomic mass is 16.5. The third-order valence-corrected chi connectivity index (χ3v) is 3.08. The van der Waals surface area contributed by atoms with Crippen LogP contribution in [-0.2, 0) is 4.74 Å². The molecule has 1 heterocycles. The van der Waals surface area contributed by atoms with E-state index in [0.717, 1.165) is 19.7 Å². The Labute approximate surface area is 88.0 Å². The van der Waals surface area contributed by atoms with Gasteiger partial charge in [-0.25, -0.2) is 0 Å². The number of nitrogens with zero attached hydrogens (tertiary/aromatic N) is 2. The Hall–Kier alpha value is -0.120. The molecule has 0 amide bonds. The largest absolute Gasteiger partial charge is 0.383 e. The molecule has 1 atom stereocenters. The minimum Gasteiger partial charge on any atom is -0.383 e. The minimum absolute atomic E-state index is 0.285. The summed E-state index contributed by atoms with van der Waals surface area (Å²) < 4.78 is 5.24. The Morgan fingerprint density at radius 1 is 1.29 bits per heavy atom. The monoisotopic (exact) mass is 200 g/mol. The van der Waals surface area contributed by atoms with Crippen molar-refractivity contribution in [2.45, 2.75) is 32.4 Å². The molecule has 0 N–H and O–H groups in total. The molecule has 0 radical (unpaired) electrons. The lowest BCUT2D eigenvalue weighted by Crippen LogP contribution is -2.58. The second-order valence-electron chi connectivity index (χ2n) is 5.21. The average Bonchev–Trinajstić information content (AvgIpc) is 2.07. The van der Waals surface area contributed by atoms with Gasteiger partial charge in [0.05, 0.1) is 6.61 Å². The number of hydrogen-bond acceptors (Lipinski definition) is 3. The second-order valence-corrected chi connectivity index (χ2v) is 5.21. The fraction of sp³-hybridized carbons (Fsp3) is 1.00. The SMILES string of the molecule is COCC1CN(C(C)(C)C)CCN1C. The van der Waals surface area contributed by atoms with Crippen LogP contribution in [0.15, 0.2) is 0 Å². The van der Waals surface area contributed by atoms with Gasteiger partial charge in [0.15, 0.2) is 0 Å². The van der Waals surface area contributed by atoms with E-state index in [1.54, 1.807) is 7.11 Å². The predicted molar refractivity (Wildman–Crippen MR) is 59.6 cm³/mol. The number of rotatable bonds is 2. The van der Waals surface area contributed by atoms with Crippen LogP contribution in [0.3, 0.4) is 0 Å². The number of likely N-dealkylation sites (N-methyl/N-ethyl adjacent to an activating group) is 1. The average molecular weight is 200 g/mol. The summed E-state index contributed by atoms with van der Waals surface area (Å²) >= 11 is 0. The van der Waals surface area contributed by atoms with Crippen molar-refractivity contribution in [3.05, 3.63) is 0 Å². The molecule has 1 saturated heterocycles. The van der Waals surface area contributed by atoms with Crippen LogP contribution in [0.1, 0.15) is 20.8 Å². The summed E-state index contributed by atoms with van der Waals surface area (Å²) in [6.07, 6.45) is 0. The molecule has 1 aliphatic heterocycles. The van der Waals surface area contributed by atoms with E-state index in [9.17, 15) is 0 Å². The molecule has 1 aliphatic rings. The molecule has 0 aliphatic carbocycles. The van der Waals surface area contributed by atoms with Crippen LogP contribution in [-0.4, -0.2) is 61.8 Å². The Morgan fingerprint density at radius 2 is 1.93 bits per heavy atom. The van der Waals surface area contributed by atoms with Crippen LogP contribution in [0.4, 0.5) is 0 Å². The van der Waals surface area contributed by atoms with E-state index in [0.29, 0.717) is 6.04 Å². The van der Waals surface area contributed by atoms with Gasteiger partial charge in [-0.1, -0.05) is 0 Å². The highest BCUT2D eigenvalue weighted by molar-refractivity contribution is 4.86. The van der Waals surface area contributed by atoms with E-state index in [4.69, 9.17) is 4.74 Å². The van der Waals surface area contributed by atoms with Gasteiger partial charge in [-0.15, -0.1) is 0 Å². The van der Waals surface area contributed by atoms with Gasteiger partial charge in [-0.3, -0.25) is 9.80 Å². The summed E-state index contributed by atoms with van der Waals surface area (Å²) in [5, 5.41) is 0. The smallest absolute Gasteiger partial charge is 0.0630 e. The molecule has 1 rings (SSSR count). The van der Waals surface area contributed by atoms with E-state index in [-0.39, 0.29) is 5.54 Å². The zero-order chi connectivity index (χ0) is 10.8. The third kappa shape index (κ3) is 2.94. The molecule has 1 fully saturated rings. The van der Waals surface area contributed by atoms with Gasteiger partial charge < -0.3 is 4.74 Å². The third-order valence-electron chi connectivity index (χ3n) is 3.08. The maximum Gasteiger partial charge on any atom is 0.0630 e. The van der Waals surface area contributed by atoms with Crippen molar-refractivity contribution in [1.29, 1.82) is 0 Å². The fourth-order valence-electron chi connectivity index (χ4n) is 1.93. The normalized spacial score (nSPS) is 26.8. The first-order chi connectivity index (χ1) is 6.45. The summed E-state index contributed by atoms with van der Waals surface area (Å²) in [5.41, 5.74) is 0.285. The molecule has 3 nitrogen and oxygen atoms in total. The molecule has 3 heteroatoms. The van der Waals surface area contributed by atoms with Gasteiger partial charge in [-0.05, 0) is 27.8 Å². The summed E-state index contributed by atoms with van der Waals surface area (Å²) in [6.45, 7) is 11.1. The Bertz CT molecular complexity index is 177. The van der Waals surface area contributed by atoms with Crippen molar-refractivity contribution >= 4 is 0 Å². The summed E-state index contributed by atoms with van der Waals surface area (Å²) in [5.74, 6) is 0. The van der Waals surface area contributed by atoms with E-state index in [1.165, 1.54) is 6.54 Å². The molecule has 14 heavy (non-hydrogen) atoms. The molecule has 1 unspecified atom stereocenters. The quantitative estimate of drug-likeness (QED) is 0.662. The Kier molecular flexibility index (Phi) is 3.93. The summed E-state index contributed by atoms with van der Waals surface area (Å²) in [4.78, 5) is 4.93. The standard InChI is InChI=1S/C11H24N2O/c1-11(2,3)13-7-6-12(4)10(8-13)9-14-5/h10H,6-9H2,1-5H3. The zero-order valence-electron chi connectivity index (χ0n) is 10.2. The van der Waals surface area contributed by atoms with Gasteiger partial charge in [0.2, 0.25) is 0 Å². The number of piperazine rings is 1. The lowest BCUT2D eigenvalue weighted by molar-refractivity contribution is 0.00350. The number of ether oxygens (including phenoxy) is 1. The molecule has 0 aromatic heterocycles. The topological polar surface area (TPSA) is 15.7 Å². The van der Waals surface area contributed by atoms with Gasteiger partial charge in [-0.2, -0.15) is 0 Å². The van der Waals surface area contributed by atoms with E-state index >= 15 is 0 Å². The molecule has 0 aromatic carbocycles. The van der Waals surface area contributed by atoms with Crippen molar-refractivity contribution in [3.63, 3.8) is 0 Å². The van der Waals surface area contributed by atoms with E-state index in [1.807, 2.05) is 0 Å². The second kappa shape index (κ2) is 4.60. The summed E-state index contributed by atoms with van der Waals surface area (Å²) in [6, 6.07) is 0.549. The molecule has 0 bridgehead atoms. The van der Waals surface area contributed by atoms with Crippen molar-refractivity contribution in [2.24, 2.45) is 0 Å². The van der Waals surface area contributed by atoms with Gasteiger partial charge in [0, 0.05) is 38.3 Å². The minimum atomic E-state index is 0.285. The van der Waals surface area contributed by atoms with E-state index in [2.05, 4.69) is 37.6 Å². The van der Waals surface area contributed by atoms with Crippen molar-refractivity contribution in [3.8, 4) is 0 Å². The van der Waals surface area contributed by atoms with Gasteiger partial charge in [0.25, 0.3) is 0 Å². The zero-order valence-corrected chi connectivity index (χ0v) is 10.2. The summed E-state index contributed by atoms with van der Waals surface area (Å²) in [7, 11) is 3.97. The van der Waals surface area contributed by atoms with Crippen molar-refractivity contribution < 1.29 is 4.74 Å². The number of hydrogen-bond donors (Lipinski definition) is 0. The van der Waals surface area contributed by atoms with Crippen LogP contribution in [0.2, 0.25) is 0 Å². The first-order valence-electron chi connectivity index (χ1n) is 5.39. The molecule has 84 valence electrons. The van der Waals surface area contributed by atoms with Gasteiger partial charge >= 0.3 is 0 Å². The van der Waals surface area contributed by atoms with Crippen LogP contribution in [0.5, 0.6) is 0 Å². The lowest BCUT2D eigenvalue weighted by Gasteiger charge is -2.45. The van der Waals surface area contributed by atoms with E-state index < -0.39 is 0 Å². The molecular formula is C11H24N2O. The van der Waals surface area contributed by atoms with Crippen LogP contribution >= 0.6 is 0 Å². The Morgan fingerprint density at radius 3 is 2.43 bits per heavy atom. The fourth-order valence-corrected chi connectivity index (χ4v) is 1.93. The Balaban J connectivity index is 2.53. The first-order valence-corrected chi connectivity index (χ1v) is 5.39. The molecule has 0 saturated carbocycles. The molecular weight excluding hydrogens is 176 g/mol. The van der Waals surface area contributed by atoms with Crippen molar-refractivity contribution in [1.82, 2.24) is 9.80 Å². The van der Waals surface area contributed by atoms with Crippen LogP contribution < -0.4 is 0 Å². The lowest BCUT2D eigenvalue weighted by atomic mass is 10.0. The molecule has 0 spiro atoms.